The summed E-state index contributed by atoms with van der Waals surface area (Å²) < 4.78 is 0. The fourth-order valence-corrected chi connectivity index (χ4v) is 3.35. The van der Waals surface area contributed by atoms with Gasteiger partial charge in [0, 0.05) is 0 Å². The van der Waals surface area contributed by atoms with Gasteiger partial charge in [0.05, 0.1) is 5.41 Å². The SMILES string of the molecule is Cc1ccc(CC2(C(=O)O)CCCCCCC2)cc1C. The zero-order chi connectivity index (χ0) is 14.6. The maximum absolute atomic E-state index is 11.9. The average molecular weight is 274 g/mol. The summed E-state index contributed by atoms with van der Waals surface area (Å²) in [5, 5.41) is 9.79. The Morgan fingerprint density at radius 1 is 1.05 bits per heavy atom. The molecule has 1 fully saturated rings. The zero-order valence-electron chi connectivity index (χ0n) is 12.7. The number of carboxylic acid groups (broad SMARTS) is 1. The third kappa shape index (κ3) is 3.41. The third-order valence-electron chi connectivity index (χ3n) is 4.88. The first-order valence-electron chi connectivity index (χ1n) is 7.83. The molecule has 0 aromatic heterocycles. The lowest BCUT2D eigenvalue weighted by Gasteiger charge is -2.31. The van der Waals surface area contributed by atoms with Gasteiger partial charge in [0.2, 0.25) is 0 Å². The van der Waals surface area contributed by atoms with Crippen molar-refractivity contribution in [1.82, 2.24) is 0 Å². The molecular formula is C18H26O2. The Balaban J connectivity index is 2.22. The van der Waals surface area contributed by atoms with Crippen LogP contribution in [-0.4, -0.2) is 11.1 Å². The van der Waals surface area contributed by atoms with Crippen LogP contribution in [0.5, 0.6) is 0 Å². The molecule has 110 valence electrons. The van der Waals surface area contributed by atoms with Crippen LogP contribution >= 0.6 is 0 Å². The topological polar surface area (TPSA) is 37.3 Å². The number of aliphatic carboxylic acids is 1. The van der Waals surface area contributed by atoms with E-state index in [4.69, 9.17) is 0 Å². The van der Waals surface area contributed by atoms with E-state index in [-0.39, 0.29) is 0 Å². The van der Waals surface area contributed by atoms with Crippen LogP contribution in [0, 0.1) is 19.3 Å². The fraction of sp³-hybridized carbons (Fsp3) is 0.611. The first-order valence-corrected chi connectivity index (χ1v) is 7.83. The average Bonchev–Trinajstić information content (AvgIpc) is 2.37. The highest BCUT2D eigenvalue weighted by Gasteiger charge is 2.38. The molecule has 0 aliphatic heterocycles. The minimum absolute atomic E-state index is 0.540. The predicted octanol–water partition coefficient (Wildman–Crippen LogP) is 4.66. The van der Waals surface area contributed by atoms with Crippen molar-refractivity contribution in [3.05, 3.63) is 34.9 Å². The fourth-order valence-electron chi connectivity index (χ4n) is 3.35. The normalized spacial score (nSPS) is 19.1. The molecule has 0 bridgehead atoms. The molecule has 2 heteroatoms. The second-order valence-corrected chi connectivity index (χ2v) is 6.45. The summed E-state index contributed by atoms with van der Waals surface area (Å²) in [5.74, 6) is -0.599. The van der Waals surface area contributed by atoms with E-state index < -0.39 is 11.4 Å². The summed E-state index contributed by atoms with van der Waals surface area (Å²) in [6.45, 7) is 4.20. The number of carbonyl (C=O) groups is 1. The molecule has 1 N–H and O–H groups in total. The summed E-state index contributed by atoms with van der Waals surface area (Å²) in [6.07, 6.45) is 8.07. The first-order chi connectivity index (χ1) is 9.53. The maximum atomic E-state index is 11.9. The van der Waals surface area contributed by atoms with Crippen molar-refractivity contribution in [2.45, 2.75) is 65.2 Å². The molecule has 2 rings (SSSR count). The lowest BCUT2D eigenvalue weighted by atomic mass is 9.72. The third-order valence-corrected chi connectivity index (χ3v) is 4.88. The van der Waals surface area contributed by atoms with Gasteiger partial charge >= 0.3 is 5.97 Å². The van der Waals surface area contributed by atoms with Gasteiger partial charge in [-0.15, -0.1) is 0 Å². The molecule has 1 aromatic carbocycles. The molecule has 1 aliphatic carbocycles. The van der Waals surface area contributed by atoms with Gasteiger partial charge in [-0.2, -0.15) is 0 Å². The van der Waals surface area contributed by atoms with Crippen LogP contribution in [0.4, 0.5) is 0 Å². The lowest BCUT2D eigenvalue weighted by Crippen LogP contribution is -2.34. The molecule has 0 heterocycles. The Kier molecular flexibility index (Phi) is 4.85. The van der Waals surface area contributed by atoms with Crippen molar-refractivity contribution >= 4 is 5.97 Å². The van der Waals surface area contributed by atoms with Crippen molar-refractivity contribution in [2.24, 2.45) is 5.41 Å². The van der Waals surface area contributed by atoms with Crippen LogP contribution in [0.25, 0.3) is 0 Å². The number of benzene rings is 1. The van der Waals surface area contributed by atoms with Gasteiger partial charge in [0.15, 0.2) is 0 Å². The monoisotopic (exact) mass is 274 g/mol. The molecule has 0 amide bonds. The molecular weight excluding hydrogens is 248 g/mol. The van der Waals surface area contributed by atoms with Crippen molar-refractivity contribution in [3.63, 3.8) is 0 Å². The van der Waals surface area contributed by atoms with Crippen LogP contribution in [0.1, 0.15) is 61.6 Å². The van der Waals surface area contributed by atoms with Gasteiger partial charge in [0.25, 0.3) is 0 Å². The van der Waals surface area contributed by atoms with E-state index in [1.807, 2.05) is 0 Å². The standard InChI is InChI=1S/C18H26O2/c1-14-8-9-16(12-15(14)2)13-18(17(19)20)10-6-4-3-5-7-11-18/h8-9,12H,3-7,10-11,13H2,1-2H3,(H,19,20). The van der Waals surface area contributed by atoms with Crippen LogP contribution < -0.4 is 0 Å². The van der Waals surface area contributed by atoms with Crippen LogP contribution in [0.2, 0.25) is 0 Å². The Hall–Kier alpha value is -1.31. The predicted molar refractivity (Wildman–Crippen MR) is 82.0 cm³/mol. The second-order valence-electron chi connectivity index (χ2n) is 6.45. The van der Waals surface area contributed by atoms with Crippen molar-refractivity contribution in [1.29, 1.82) is 0 Å². The molecule has 0 spiro atoms. The van der Waals surface area contributed by atoms with Crippen molar-refractivity contribution in [3.8, 4) is 0 Å². The van der Waals surface area contributed by atoms with Gasteiger partial charge in [-0.3, -0.25) is 4.79 Å². The first kappa shape index (κ1) is 15.1. The van der Waals surface area contributed by atoms with Crippen molar-refractivity contribution in [2.75, 3.05) is 0 Å². The molecule has 0 radical (unpaired) electrons. The molecule has 0 unspecified atom stereocenters. The smallest absolute Gasteiger partial charge is 0.309 e. The van der Waals surface area contributed by atoms with E-state index in [1.165, 1.54) is 36.0 Å². The highest BCUT2D eigenvalue weighted by molar-refractivity contribution is 5.75. The summed E-state index contributed by atoms with van der Waals surface area (Å²) in [6, 6.07) is 6.38. The summed E-state index contributed by atoms with van der Waals surface area (Å²) >= 11 is 0. The van der Waals surface area contributed by atoms with Gasteiger partial charge in [-0.1, -0.05) is 50.3 Å². The summed E-state index contributed by atoms with van der Waals surface area (Å²) in [5.41, 5.74) is 3.17. The molecule has 0 atom stereocenters. The molecule has 2 nitrogen and oxygen atoms in total. The summed E-state index contributed by atoms with van der Waals surface area (Å²) in [4.78, 5) is 11.9. The van der Waals surface area contributed by atoms with E-state index in [2.05, 4.69) is 32.0 Å². The van der Waals surface area contributed by atoms with Gasteiger partial charge in [-0.25, -0.2) is 0 Å². The van der Waals surface area contributed by atoms with E-state index in [9.17, 15) is 9.90 Å². The Morgan fingerprint density at radius 2 is 1.65 bits per heavy atom. The minimum Gasteiger partial charge on any atom is -0.481 e. The van der Waals surface area contributed by atoms with Crippen LogP contribution in [0.3, 0.4) is 0 Å². The molecule has 0 saturated heterocycles. The van der Waals surface area contributed by atoms with Gasteiger partial charge in [0.1, 0.15) is 0 Å². The number of aryl methyl sites for hydroxylation is 2. The molecule has 20 heavy (non-hydrogen) atoms. The zero-order valence-corrected chi connectivity index (χ0v) is 12.7. The van der Waals surface area contributed by atoms with Gasteiger partial charge < -0.3 is 5.11 Å². The Bertz CT molecular complexity index is 468. The number of rotatable bonds is 3. The quantitative estimate of drug-likeness (QED) is 0.870. The second kappa shape index (κ2) is 6.43. The maximum Gasteiger partial charge on any atom is 0.309 e. The summed E-state index contributed by atoms with van der Waals surface area (Å²) in [7, 11) is 0. The van der Waals surface area contributed by atoms with Crippen LogP contribution in [0.15, 0.2) is 18.2 Å². The Morgan fingerprint density at radius 3 is 2.20 bits per heavy atom. The Labute approximate surface area is 122 Å². The largest absolute Gasteiger partial charge is 0.481 e. The minimum atomic E-state index is -0.599. The highest BCUT2D eigenvalue weighted by Crippen LogP contribution is 2.38. The van der Waals surface area contributed by atoms with E-state index in [0.29, 0.717) is 6.42 Å². The van der Waals surface area contributed by atoms with Gasteiger partial charge in [-0.05, 0) is 49.8 Å². The molecule has 1 aromatic rings. The number of hydrogen-bond acceptors (Lipinski definition) is 1. The van der Waals surface area contributed by atoms with E-state index in [0.717, 1.165) is 25.7 Å². The van der Waals surface area contributed by atoms with Crippen molar-refractivity contribution < 1.29 is 9.90 Å². The molecule has 1 saturated carbocycles. The van der Waals surface area contributed by atoms with E-state index >= 15 is 0 Å². The lowest BCUT2D eigenvalue weighted by molar-refractivity contribution is -0.150. The van der Waals surface area contributed by atoms with E-state index in [1.54, 1.807) is 0 Å². The highest BCUT2D eigenvalue weighted by atomic mass is 16.4. The number of hydrogen-bond donors (Lipinski definition) is 1. The number of carboxylic acids is 1. The molecule has 1 aliphatic rings. The van der Waals surface area contributed by atoms with Crippen LogP contribution in [-0.2, 0) is 11.2 Å².